The van der Waals surface area contributed by atoms with E-state index in [9.17, 15) is 0 Å². The molecule has 0 N–H and O–H groups in total. The lowest BCUT2D eigenvalue weighted by molar-refractivity contribution is 0.495. The average Bonchev–Trinajstić information content (AvgIpc) is 1.92. The van der Waals surface area contributed by atoms with Gasteiger partial charge in [0, 0.05) is 0 Å². The molecular weight excluding hydrogens is 100 g/mol. The molecule has 2 nitrogen and oxygen atoms in total. The summed E-state index contributed by atoms with van der Waals surface area (Å²) >= 11 is 0. The van der Waals surface area contributed by atoms with Crippen LogP contribution in [0.25, 0.3) is 0 Å². The summed E-state index contributed by atoms with van der Waals surface area (Å²) in [5, 5.41) is 8.07. The molecule has 1 aliphatic carbocycles. The summed E-state index contributed by atoms with van der Waals surface area (Å²) in [7, 11) is 0. The highest BCUT2D eigenvalue weighted by atomic mass is 15.2. The summed E-state index contributed by atoms with van der Waals surface area (Å²) in [6.07, 6.45) is 6.73. The van der Waals surface area contributed by atoms with E-state index in [0.29, 0.717) is 12.1 Å². The van der Waals surface area contributed by atoms with Crippen molar-refractivity contribution >= 4 is 0 Å². The maximum atomic E-state index is 4.04. The molecule has 3 rings (SSSR count). The van der Waals surface area contributed by atoms with Gasteiger partial charge in [-0.1, -0.05) is 12.2 Å². The minimum Gasteiger partial charge on any atom is -0.186 e. The molecular formula is C6H8N2. The summed E-state index contributed by atoms with van der Waals surface area (Å²) in [4.78, 5) is 0. The van der Waals surface area contributed by atoms with Gasteiger partial charge < -0.3 is 0 Å². The van der Waals surface area contributed by atoms with Gasteiger partial charge in [-0.3, -0.25) is 0 Å². The molecule has 2 atom stereocenters. The Morgan fingerprint density at radius 2 is 1.50 bits per heavy atom. The molecule has 0 spiro atoms. The minimum atomic E-state index is 0.431. The number of rotatable bonds is 0. The van der Waals surface area contributed by atoms with Gasteiger partial charge in [-0.15, -0.1) is 0 Å². The Morgan fingerprint density at radius 3 is 1.62 bits per heavy atom. The Morgan fingerprint density at radius 1 is 1.00 bits per heavy atom. The highest BCUT2D eigenvalue weighted by Crippen LogP contribution is 2.22. The zero-order chi connectivity index (χ0) is 5.40. The first-order valence-corrected chi connectivity index (χ1v) is 3.03. The second kappa shape index (κ2) is 1.41. The number of hydrogen-bond acceptors (Lipinski definition) is 2. The zero-order valence-electron chi connectivity index (χ0n) is 4.62. The second-order valence-corrected chi connectivity index (χ2v) is 2.33. The standard InChI is InChI=1S/C6H8N2/c1-2-6-4-3-5(1)7-8-6/h1-2,5-6H,3-4H2. The molecule has 0 amide bonds. The molecule has 2 unspecified atom stereocenters. The van der Waals surface area contributed by atoms with Crippen molar-refractivity contribution < 1.29 is 0 Å². The van der Waals surface area contributed by atoms with Crippen LogP contribution in [0.5, 0.6) is 0 Å². The van der Waals surface area contributed by atoms with E-state index in [1.165, 1.54) is 12.8 Å². The quantitative estimate of drug-likeness (QED) is 0.420. The summed E-state index contributed by atoms with van der Waals surface area (Å²) in [5.74, 6) is 0. The third kappa shape index (κ3) is 0.489. The van der Waals surface area contributed by atoms with Crippen molar-refractivity contribution in [3.63, 3.8) is 0 Å². The van der Waals surface area contributed by atoms with Crippen LogP contribution in [0.2, 0.25) is 0 Å². The lowest BCUT2D eigenvalue weighted by Gasteiger charge is -2.21. The molecule has 0 aromatic carbocycles. The van der Waals surface area contributed by atoms with Crippen molar-refractivity contribution in [1.82, 2.24) is 0 Å². The van der Waals surface area contributed by atoms with Gasteiger partial charge in [0.05, 0.1) is 12.1 Å². The molecule has 0 aromatic rings. The highest BCUT2D eigenvalue weighted by Gasteiger charge is 2.18. The molecule has 2 aliphatic heterocycles. The predicted molar refractivity (Wildman–Crippen MR) is 30.8 cm³/mol. The van der Waals surface area contributed by atoms with E-state index in [0.717, 1.165) is 0 Å². The van der Waals surface area contributed by atoms with Crippen LogP contribution in [0.15, 0.2) is 22.4 Å². The Labute approximate surface area is 48.3 Å². The Balaban J connectivity index is 2.31. The monoisotopic (exact) mass is 108 g/mol. The van der Waals surface area contributed by atoms with Gasteiger partial charge >= 0.3 is 0 Å². The van der Waals surface area contributed by atoms with Crippen LogP contribution in [0, 0.1) is 0 Å². The zero-order valence-corrected chi connectivity index (χ0v) is 4.62. The van der Waals surface area contributed by atoms with Crippen molar-refractivity contribution in [2.24, 2.45) is 10.2 Å². The molecule has 2 heterocycles. The molecule has 2 heteroatoms. The lowest BCUT2D eigenvalue weighted by atomic mass is 9.98. The van der Waals surface area contributed by atoms with Gasteiger partial charge in [0.2, 0.25) is 0 Å². The van der Waals surface area contributed by atoms with Gasteiger partial charge in [0.25, 0.3) is 0 Å². The molecule has 3 aliphatic rings. The third-order valence-electron chi connectivity index (χ3n) is 1.68. The van der Waals surface area contributed by atoms with E-state index in [4.69, 9.17) is 0 Å². The SMILES string of the molecule is C1=CC2CCC1N=N2. The van der Waals surface area contributed by atoms with Crippen LogP contribution < -0.4 is 0 Å². The van der Waals surface area contributed by atoms with Gasteiger partial charge in [-0.2, -0.15) is 10.2 Å². The van der Waals surface area contributed by atoms with E-state index in [-0.39, 0.29) is 0 Å². The summed E-state index contributed by atoms with van der Waals surface area (Å²) in [6.45, 7) is 0. The predicted octanol–water partition coefficient (Wildman–Crippen LogP) is 1.54. The average molecular weight is 108 g/mol. The van der Waals surface area contributed by atoms with E-state index < -0.39 is 0 Å². The first kappa shape index (κ1) is 4.24. The molecule has 8 heavy (non-hydrogen) atoms. The van der Waals surface area contributed by atoms with Gasteiger partial charge in [0.1, 0.15) is 0 Å². The largest absolute Gasteiger partial charge is 0.186 e. The van der Waals surface area contributed by atoms with Crippen LogP contribution in [0.4, 0.5) is 0 Å². The first-order chi connectivity index (χ1) is 3.95. The number of nitrogens with zero attached hydrogens (tertiary/aromatic N) is 2. The van der Waals surface area contributed by atoms with Crippen molar-refractivity contribution in [2.45, 2.75) is 24.9 Å². The summed E-state index contributed by atoms with van der Waals surface area (Å²) in [5.41, 5.74) is 0. The Kier molecular flexibility index (Phi) is 0.745. The fourth-order valence-corrected chi connectivity index (χ4v) is 1.15. The van der Waals surface area contributed by atoms with Crippen molar-refractivity contribution in [3.8, 4) is 0 Å². The molecule has 0 aromatic heterocycles. The summed E-state index contributed by atoms with van der Waals surface area (Å²) < 4.78 is 0. The van der Waals surface area contributed by atoms with Gasteiger partial charge in [0.15, 0.2) is 0 Å². The fourth-order valence-electron chi connectivity index (χ4n) is 1.15. The molecule has 0 saturated carbocycles. The maximum Gasteiger partial charge on any atom is 0.0890 e. The number of hydrogen-bond donors (Lipinski definition) is 0. The van der Waals surface area contributed by atoms with Crippen LogP contribution in [-0.2, 0) is 0 Å². The molecule has 2 bridgehead atoms. The van der Waals surface area contributed by atoms with Crippen molar-refractivity contribution in [3.05, 3.63) is 12.2 Å². The molecule has 0 saturated heterocycles. The highest BCUT2D eigenvalue weighted by molar-refractivity contribution is 5.07. The maximum absolute atomic E-state index is 4.04. The smallest absolute Gasteiger partial charge is 0.0890 e. The normalized spacial score (nSPS) is 41.0. The van der Waals surface area contributed by atoms with E-state index in [2.05, 4.69) is 22.4 Å². The van der Waals surface area contributed by atoms with E-state index in [1.807, 2.05) is 0 Å². The van der Waals surface area contributed by atoms with E-state index in [1.54, 1.807) is 0 Å². The topological polar surface area (TPSA) is 24.7 Å². The lowest BCUT2D eigenvalue weighted by Crippen LogP contribution is -2.18. The fraction of sp³-hybridized carbons (Fsp3) is 0.667. The molecule has 42 valence electrons. The number of azo groups is 1. The Hall–Kier alpha value is -0.660. The van der Waals surface area contributed by atoms with Gasteiger partial charge in [-0.05, 0) is 12.8 Å². The summed E-state index contributed by atoms with van der Waals surface area (Å²) in [6, 6.07) is 0.861. The van der Waals surface area contributed by atoms with Crippen molar-refractivity contribution in [1.29, 1.82) is 0 Å². The Bertz CT molecular complexity index is 119. The second-order valence-electron chi connectivity index (χ2n) is 2.33. The van der Waals surface area contributed by atoms with Gasteiger partial charge in [-0.25, -0.2) is 0 Å². The molecule has 0 fully saturated rings. The minimum absolute atomic E-state index is 0.431. The van der Waals surface area contributed by atoms with Crippen LogP contribution in [-0.4, -0.2) is 12.1 Å². The van der Waals surface area contributed by atoms with Crippen LogP contribution in [0.3, 0.4) is 0 Å². The first-order valence-electron chi connectivity index (χ1n) is 3.03. The van der Waals surface area contributed by atoms with Crippen molar-refractivity contribution in [2.75, 3.05) is 0 Å². The van der Waals surface area contributed by atoms with Crippen LogP contribution in [0.1, 0.15) is 12.8 Å². The van der Waals surface area contributed by atoms with Crippen LogP contribution >= 0.6 is 0 Å². The third-order valence-corrected chi connectivity index (χ3v) is 1.68. The number of fused-ring (bicyclic) bond motifs is 1. The molecule has 0 radical (unpaired) electrons. The van der Waals surface area contributed by atoms with E-state index >= 15 is 0 Å².